The Morgan fingerprint density at radius 3 is 2.39 bits per heavy atom. The molecule has 3 aromatic rings. The molecule has 0 atom stereocenters. The first-order chi connectivity index (χ1) is 17.0. The minimum absolute atomic E-state index is 0.172. The molecule has 4 rings (SSSR count). The molecule has 2 heterocycles. The maximum atomic E-state index is 13.7. The average molecular weight is 490 g/mol. The molecule has 10 heteroatoms. The van der Waals surface area contributed by atoms with Crippen LogP contribution in [0.2, 0.25) is 0 Å². The minimum atomic E-state index is -0.867. The normalized spacial score (nSPS) is 13.4. The van der Waals surface area contributed by atoms with Crippen molar-refractivity contribution in [3.8, 4) is 11.3 Å². The smallest absolute Gasteiger partial charge is 0.330 e. The molecule has 0 radical (unpaired) electrons. The third-order valence-electron chi connectivity index (χ3n) is 6.59. The molecule has 1 aromatic heterocycles. The van der Waals surface area contributed by atoms with E-state index in [9.17, 15) is 14.9 Å². The lowest BCUT2D eigenvalue weighted by Crippen LogP contribution is -2.45. The van der Waals surface area contributed by atoms with Gasteiger partial charge < -0.3 is 11.1 Å². The first-order valence-corrected chi connectivity index (χ1v) is 11.8. The van der Waals surface area contributed by atoms with Gasteiger partial charge in [0.1, 0.15) is 10.6 Å². The third kappa shape index (κ3) is 4.93. The summed E-state index contributed by atoms with van der Waals surface area (Å²) in [5, 5.41) is 15.5. The summed E-state index contributed by atoms with van der Waals surface area (Å²) in [7, 11) is 0. The lowest BCUT2D eigenvalue weighted by Gasteiger charge is -2.24. The van der Waals surface area contributed by atoms with Crippen molar-refractivity contribution in [2.24, 2.45) is 15.8 Å². The number of nitrogens with two attached hydrogens (primary N) is 1. The first-order valence-electron chi connectivity index (χ1n) is 11.8. The number of benzene rings is 2. The number of aryl methyl sites for hydroxylation is 6. The van der Waals surface area contributed by atoms with Crippen molar-refractivity contribution in [2.75, 3.05) is 6.54 Å². The molecule has 0 saturated heterocycles. The van der Waals surface area contributed by atoms with E-state index in [2.05, 4.69) is 48.5 Å². The molecule has 2 aromatic carbocycles. The van der Waals surface area contributed by atoms with Crippen LogP contribution in [0.1, 0.15) is 33.4 Å². The number of hydrazone groups is 1. The summed E-state index contributed by atoms with van der Waals surface area (Å²) in [5.41, 5.74) is 15.4. The molecule has 1 aliphatic rings. The molecule has 0 amide bonds. The Bertz CT molecular complexity index is 1510. The molecule has 0 aliphatic carbocycles. The topological polar surface area (TPSA) is 133 Å². The van der Waals surface area contributed by atoms with E-state index in [1.807, 2.05) is 26.8 Å². The Labute approximate surface area is 209 Å². The van der Waals surface area contributed by atoms with Gasteiger partial charge in [0.15, 0.2) is 5.03 Å². The molecule has 0 bridgehead atoms. The number of nitro groups is 1. The summed E-state index contributed by atoms with van der Waals surface area (Å²) < 4.78 is 3.36. The van der Waals surface area contributed by atoms with E-state index < -0.39 is 5.03 Å². The van der Waals surface area contributed by atoms with Gasteiger partial charge in [0.25, 0.3) is 5.96 Å². The number of aromatic nitrogens is 2. The second kappa shape index (κ2) is 9.80. The Kier molecular flexibility index (Phi) is 6.78. The fourth-order valence-electron chi connectivity index (χ4n) is 4.80. The zero-order valence-electron chi connectivity index (χ0n) is 21.3. The lowest BCUT2D eigenvalue weighted by molar-refractivity contribution is -0.485. The maximum Gasteiger partial charge on any atom is 0.330 e. The first kappa shape index (κ1) is 24.9. The van der Waals surface area contributed by atoms with Crippen LogP contribution >= 0.6 is 0 Å². The Hall–Kier alpha value is -4.21. The minimum Gasteiger partial charge on any atom is -0.365 e. The lowest BCUT2D eigenvalue weighted by atomic mass is 9.93. The van der Waals surface area contributed by atoms with Crippen LogP contribution in [0.3, 0.4) is 0 Å². The number of guanidine groups is 1. The molecule has 1 aliphatic heterocycles. The standard InChI is InChI=1S/C26H31N7O3/c1-15-10-18(4)24(19(5)11-15)29-23-14-22-21-13-17(3)16(2)12-20(21)6-8-31(22)26(34)32(23)9-7-28-25(27)30-33(35)36/h10-14H,6-9H2,1-5H3,(H3,27,28,30)/b29-23+. The largest absolute Gasteiger partial charge is 0.365 e. The highest BCUT2D eigenvalue weighted by Crippen LogP contribution is 2.30. The van der Waals surface area contributed by atoms with Gasteiger partial charge in [-0.25, -0.2) is 19.9 Å². The molecule has 10 nitrogen and oxygen atoms in total. The van der Waals surface area contributed by atoms with Crippen molar-refractivity contribution < 1.29 is 5.03 Å². The predicted octanol–water partition coefficient (Wildman–Crippen LogP) is 2.74. The summed E-state index contributed by atoms with van der Waals surface area (Å²) in [4.78, 5) is 29.3. The van der Waals surface area contributed by atoms with Crippen LogP contribution in [-0.4, -0.2) is 26.7 Å². The average Bonchev–Trinajstić information content (AvgIpc) is 2.78. The monoisotopic (exact) mass is 489 g/mol. The van der Waals surface area contributed by atoms with E-state index in [1.165, 1.54) is 16.7 Å². The van der Waals surface area contributed by atoms with Gasteiger partial charge in [-0.3, -0.25) is 9.13 Å². The molecule has 36 heavy (non-hydrogen) atoms. The van der Waals surface area contributed by atoms with Gasteiger partial charge in [-0.05, 0) is 74.9 Å². The summed E-state index contributed by atoms with van der Waals surface area (Å²) in [6.07, 6.45) is 0.761. The number of hydrogen-bond donors (Lipinski definition) is 2. The summed E-state index contributed by atoms with van der Waals surface area (Å²) >= 11 is 0. The fourth-order valence-corrected chi connectivity index (χ4v) is 4.80. The van der Waals surface area contributed by atoms with Crippen molar-refractivity contribution in [2.45, 2.75) is 54.1 Å². The van der Waals surface area contributed by atoms with Gasteiger partial charge in [-0.2, -0.15) is 0 Å². The summed E-state index contributed by atoms with van der Waals surface area (Å²) in [5.74, 6) is -0.317. The molecule has 0 saturated carbocycles. The van der Waals surface area contributed by atoms with Crippen LogP contribution in [-0.2, 0) is 19.5 Å². The third-order valence-corrected chi connectivity index (χ3v) is 6.59. The second-order valence-corrected chi connectivity index (χ2v) is 9.33. The Morgan fingerprint density at radius 1 is 1.06 bits per heavy atom. The van der Waals surface area contributed by atoms with Crippen molar-refractivity contribution >= 4 is 11.6 Å². The Morgan fingerprint density at radius 2 is 1.72 bits per heavy atom. The molecule has 188 valence electrons. The molecule has 0 fully saturated rings. The van der Waals surface area contributed by atoms with Crippen LogP contribution in [0.15, 0.2) is 45.2 Å². The van der Waals surface area contributed by atoms with E-state index >= 15 is 0 Å². The zero-order valence-corrected chi connectivity index (χ0v) is 21.3. The van der Waals surface area contributed by atoms with E-state index in [4.69, 9.17) is 10.7 Å². The number of nitrogens with zero attached hydrogens (tertiary/aromatic N) is 5. The van der Waals surface area contributed by atoms with E-state index in [0.29, 0.717) is 12.0 Å². The highest BCUT2D eigenvalue weighted by atomic mass is 16.7. The molecule has 0 spiro atoms. The number of fused-ring (bicyclic) bond motifs is 3. The van der Waals surface area contributed by atoms with E-state index in [-0.39, 0.29) is 24.7 Å². The summed E-state index contributed by atoms with van der Waals surface area (Å²) in [6, 6.07) is 10.4. The highest BCUT2D eigenvalue weighted by Gasteiger charge is 2.20. The van der Waals surface area contributed by atoms with E-state index in [1.54, 1.807) is 9.13 Å². The van der Waals surface area contributed by atoms with Gasteiger partial charge in [0.2, 0.25) is 0 Å². The Balaban J connectivity index is 1.90. The predicted molar refractivity (Wildman–Crippen MR) is 140 cm³/mol. The van der Waals surface area contributed by atoms with Crippen LogP contribution in [0.25, 0.3) is 11.3 Å². The molecule has 0 unspecified atom stereocenters. The molecule has 3 N–H and O–H groups in total. The van der Waals surface area contributed by atoms with E-state index in [0.717, 1.165) is 40.1 Å². The highest BCUT2D eigenvalue weighted by molar-refractivity contribution is 5.77. The molecular formula is C26H31N7O3. The van der Waals surface area contributed by atoms with Gasteiger partial charge in [0.05, 0.1) is 11.4 Å². The van der Waals surface area contributed by atoms with Crippen molar-refractivity contribution in [3.63, 3.8) is 0 Å². The van der Waals surface area contributed by atoms with Gasteiger partial charge in [-0.15, -0.1) is 0 Å². The maximum absolute atomic E-state index is 13.7. The number of hydrogen-bond acceptors (Lipinski definition) is 4. The summed E-state index contributed by atoms with van der Waals surface area (Å²) in [6.45, 7) is 11.2. The SMILES string of the molecule is Cc1cc(C)c(/N=c2\cc3n(c(=O)n2CCN/C(N)=N/[N+](=O)[O-])CCc2cc(C)c(C)cc2-3)c(C)c1. The fraction of sp³-hybridized carbons (Fsp3) is 0.346. The van der Waals surface area contributed by atoms with Crippen molar-refractivity contribution in [1.29, 1.82) is 0 Å². The van der Waals surface area contributed by atoms with Crippen LogP contribution < -0.4 is 22.2 Å². The molecular weight excluding hydrogens is 458 g/mol. The van der Waals surface area contributed by atoms with Crippen LogP contribution in [0.5, 0.6) is 0 Å². The van der Waals surface area contributed by atoms with Crippen LogP contribution in [0.4, 0.5) is 5.69 Å². The zero-order chi connectivity index (χ0) is 26.1. The van der Waals surface area contributed by atoms with Gasteiger partial charge in [-0.1, -0.05) is 23.8 Å². The number of nitrogens with one attached hydrogen (secondary N) is 1. The van der Waals surface area contributed by atoms with Gasteiger partial charge >= 0.3 is 5.69 Å². The van der Waals surface area contributed by atoms with Gasteiger partial charge in [0, 0.05) is 31.3 Å². The second-order valence-electron chi connectivity index (χ2n) is 9.33. The van der Waals surface area contributed by atoms with Crippen LogP contribution in [0, 0.1) is 44.7 Å². The van der Waals surface area contributed by atoms with Crippen molar-refractivity contribution in [3.05, 3.63) is 89.8 Å². The number of rotatable bonds is 5. The quantitative estimate of drug-likeness (QED) is 0.246. The van der Waals surface area contributed by atoms with Crippen molar-refractivity contribution in [1.82, 2.24) is 14.5 Å².